The fourth-order valence-corrected chi connectivity index (χ4v) is 4.34. The van der Waals surface area contributed by atoms with Crippen molar-refractivity contribution in [2.45, 2.75) is 63.4 Å². The highest BCUT2D eigenvalue weighted by Gasteiger charge is 2.49. The number of benzene rings is 1. The first-order valence-corrected chi connectivity index (χ1v) is 12.5. The van der Waals surface area contributed by atoms with Gasteiger partial charge in [-0.2, -0.15) is 4.57 Å². The standard InChI is InChI=1S/C27H32N4O8.ClH/c1-27(2,3)39-26(36)30-19(11-16-12-29-18-9-5-4-8-17(16)18)25(35)37-14-20-21(32)22(33)24(38-20)31-10-6-7-15(13-31)23(28)34;/h4-10,12-13,19-22,24,29,32-33H,11,14H2,1-3H3,(H2-,28,30,34,36);1H/t19-,20+,21+,22+,24+;/m0./s1. The maximum absolute atomic E-state index is 13.2. The molecule has 5 atom stereocenters. The number of aromatic nitrogens is 2. The minimum Gasteiger partial charge on any atom is -1.00 e. The van der Waals surface area contributed by atoms with E-state index in [1.165, 1.54) is 16.8 Å². The van der Waals surface area contributed by atoms with Gasteiger partial charge in [-0.3, -0.25) is 4.79 Å². The number of nitrogens with one attached hydrogen (secondary N) is 2. The van der Waals surface area contributed by atoms with Crippen molar-refractivity contribution >= 4 is 28.9 Å². The van der Waals surface area contributed by atoms with Gasteiger partial charge in [0.15, 0.2) is 18.5 Å². The van der Waals surface area contributed by atoms with E-state index >= 15 is 0 Å². The number of esters is 1. The van der Waals surface area contributed by atoms with Gasteiger partial charge in [-0.1, -0.05) is 18.2 Å². The van der Waals surface area contributed by atoms with Crippen LogP contribution in [0.5, 0.6) is 0 Å². The number of H-pyrrole nitrogens is 1. The lowest BCUT2D eigenvalue weighted by molar-refractivity contribution is -0.765. The molecule has 216 valence electrons. The molecule has 13 heteroatoms. The Morgan fingerprint density at radius 3 is 2.58 bits per heavy atom. The summed E-state index contributed by atoms with van der Waals surface area (Å²) >= 11 is 0. The molecule has 1 aliphatic heterocycles. The number of rotatable bonds is 8. The number of nitrogens with zero attached hydrogens (tertiary/aromatic N) is 1. The molecule has 2 amide bonds. The van der Waals surface area contributed by atoms with Crippen LogP contribution in [0.25, 0.3) is 10.9 Å². The largest absolute Gasteiger partial charge is 1.00 e. The SMILES string of the molecule is CC(C)(C)OC(=O)N[C@@H](Cc1c[nH]c2ccccc12)C(=O)OC[C@H]1O[C@@H]([n+]2cccc(C(N)=O)c2)[C@H](O)[C@@H]1O.[Cl-]. The predicted molar refractivity (Wildman–Crippen MR) is 137 cm³/mol. The van der Waals surface area contributed by atoms with Crippen molar-refractivity contribution in [3.05, 3.63) is 66.1 Å². The molecule has 6 N–H and O–H groups in total. The van der Waals surface area contributed by atoms with E-state index in [1.807, 2.05) is 24.3 Å². The third-order valence-corrected chi connectivity index (χ3v) is 6.20. The molecular weight excluding hydrogens is 544 g/mol. The van der Waals surface area contributed by atoms with E-state index in [2.05, 4.69) is 10.3 Å². The number of carbonyl (C=O) groups is 3. The number of pyridine rings is 1. The van der Waals surface area contributed by atoms with E-state index in [0.717, 1.165) is 16.5 Å². The van der Waals surface area contributed by atoms with Gasteiger partial charge in [0.05, 0.1) is 0 Å². The van der Waals surface area contributed by atoms with Gasteiger partial charge < -0.3 is 52.9 Å². The molecule has 1 saturated heterocycles. The molecule has 3 aromatic rings. The topological polar surface area (TPSA) is 177 Å². The van der Waals surface area contributed by atoms with Crippen LogP contribution in [0.15, 0.2) is 55.0 Å². The molecule has 1 aromatic carbocycles. The summed E-state index contributed by atoms with van der Waals surface area (Å²) in [6.07, 6.45) is -0.882. The lowest BCUT2D eigenvalue weighted by Gasteiger charge is -2.23. The zero-order valence-corrected chi connectivity index (χ0v) is 23.0. The van der Waals surface area contributed by atoms with Gasteiger partial charge in [0, 0.05) is 29.6 Å². The lowest BCUT2D eigenvalue weighted by Crippen LogP contribution is -3.00. The van der Waals surface area contributed by atoms with Crippen molar-refractivity contribution in [2.24, 2.45) is 5.73 Å². The van der Waals surface area contributed by atoms with Gasteiger partial charge in [-0.15, -0.1) is 0 Å². The summed E-state index contributed by atoms with van der Waals surface area (Å²) in [5.41, 5.74) is 6.38. The van der Waals surface area contributed by atoms with E-state index in [1.54, 1.807) is 39.2 Å². The first-order chi connectivity index (χ1) is 18.4. The van der Waals surface area contributed by atoms with Gasteiger partial charge in [-0.25, -0.2) is 9.59 Å². The Hall–Kier alpha value is -3.71. The summed E-state index contributed by atoms with van der Waals surface area (Å²) < 4.78 is 17.9. The summed E-state index contributed by atoms with van der Waals surface area (Å²) in [5, 5.41) is 24.6. The van der Waals surface area contributed by atoms with E-state index in [9.17, 15) is 24.6 Å². The summed E-state index contributed by atoms with van der Waals surface area (Å²) in [5.74, 6) is -1.44. The number of aliphatic hydroxyl groups is 2. The molecule has 0 unspecified atom stereocenters. The second kappa shape index (κ2) is 12.6. The molecule has 2 aromatic heterocycles. The van der Waals surface area contributed by atoms with Gasteiger partial charge in [-0.05, 0) is 38.5 Å². The van der Waals surface area contributed by atoms with Crippen LogP contribution in [0.4, 0.5) is 4.79 Å². The Morgan fingerprint density at radius 2 is 1.88 bits per heavy atom. The quantitative estimate of drug-likeness (QED) is 0.149. The summed E-state index contributed by atoms with van der Waals surface area (Å²) in [7, 11) is 0. The molecule has 40 heavy (non-hydrogen) atoms. The number of para-hydroxylation sites is 1. The average Bonchev–Trinajstić information content (AvgIpc) is 3.41. The van der Waals surface area contributed by atoms with E-state index in [4.69, 9.17) is 19.9 Å². The van der Waals surface area contributed by atoms with Crippen molar-refractivity contribution in [3.8, 4) is 0 Å². The number of carbonyl (C=O) groups excluding carboxylic acids is 3. The van der Waals surface area contributed by atoms with Crippen LogP contribution in [0.3, 0.4) is 0 Å². The Balaban J connectivity index is 0.00000441. The summed E-state index contributed by atoms with van der Waals surface area (Å²) in [6.45, 7) is 4.72. The smallest absolute Gasteiger partial charge is 0.408 e. The molecule has 0 bridgehead atoms. The van der Waals surface area contributed by atoms with Crippen LogP contribution in [0.2, 0.25) is 0 Å². The van der Waals surface area contributed by atoms with E-state index in [0.29, 0.717) is 0 Å². The maximum Gasteiger partial charge on any atom is 0.408 e. The third kappa shape index (κ3) is 7.27. The zero-order chi connectivity index (χ0) is 28.3. The first-order valence-electron chi connectivity index (χ1n) is 12.5. The highest BCUT2D eigenvalue weighted by atomic mass is 35.5. The predicted octanol–water partition coefficient (Wildman–Crippen LogP) is -2.14. The van der Waals surface area contributed by atoms with Crippen LogP contribution < -0.4 is 28.0 Å². The van der Waals surface area contributed by atoms with Gasteiger partial charge in [0.2, 0.25) is 0 Å². The van der Waals surface area contributed by atoms with Crippen molar-refractivity contribution < 1.29 is 55.8 Å². The highest BCUT2D eigenvalue weighted by molar-refractivity contribution is 5.92. The number of alkyl carbamates (subject to hydrolysis) is 1. The molecule has 1 aliphatic rings. The molecule has 1 fully saturated rings. The van der Waals surface area contributed by atoms with Crippen LogP contribution in [-0.2, 0) is 25.4 Å². The third-order valence-electron chi connectivity index (χ3n) is 6.20. The monoisotopic (exact) mass is 576 g/mol. The second-order valence-electron chi connectivity index (χ2n) is 10.3. The Labute approximate surface area is 236 Å². The number of halogens is 1. The molecule has 3 heterocycles. The first kappa shape index (κ1) is 30.8. The molecule has 0 radical (unpaired) electrons. The van der Waals surface area contributed by atoms with Gasteiger partial charge in [0.25, 0.3) is 12.1 Å². The molecule has 12 nitrogen and oxygen atoms in total. The minimum atomic E-state index is -1.39. The number of nitrogens with two attached hydrogens (primary N) is 1. The number of hydrogen-bond donors (Lipinski definition) is 5. The minimum absolute atomic E-state index is 0. The lowest BCUT2D eigenvalue weighted by atomic mass is 10.1. The van der Waals surface area contributed by atoms with Crippen LogP contribution in [0.1, 0.15) is 42.9 Å². The second-order valence-corrected chi connectivity index (χ2v) is 10.3. The van der Waals surface area contributed by atoms with Crippen LogP contribution in [0, 0.1) is 0 Å². The number of amides is 2. The Morgan fingerprint density at radius 1 is 1.15 bits per heavy atom. The van der Waals surface area contributed by atoms with Crippen molar-refractivity contribution in [1.82, 2.24) is 10.3 Å². The van der Waals surface area contributed by atoms with Crippen LogP contribution in [-0.4, -0.2) is 69.7 Å². The number of aliphatic hydroxyl groups excluding tert-OH is 2. The number of hydrogen-bond acceptors (Lipinski definition) is 8. The average molecular weight is 577 g/mol. The van der Waals surface area contributed by atoms with Gasteiger partial charge >= 0.3 is 12.1 Å². The van der Waals surface area contributed by atoms with Crippen molar-refractivity contribution in [1.29, 1.82) is 0 Å². The number of aromatic amines is 1. The van der Waals surface area contributed by atoms with Crippen molar-refractivity contribution in [3.63, 3.8) is 0 Å². The normalized spacial score (nSPS) is 21.3. The summed E-state index contributed by atoms with van der Waals surface area (Å²) in [6, 6.07) is 9.47. The van der Waals surface area contributed by atoms with Crippen LogP contribution >= 0.6 is 0 Å². The van der Waals surface area contributed by atoms with Gasteiger partial charge in [0.1, 0.15) is 36.0 Å². The van der Waals surface area contributed by atoms with E-state index in [-0.39, 0.29) is 24.4 Å². The molecular formula is C27H33ClN4O8. The molecule has 0 aliphatic carbocycles. The highest BCUT2D eigenvalue weighted by Crippen LogP contribution is 2.26. The Kier molecular flexibility index (Phi) is 9.74. The molecule has 0 saturated carbocycles. The molecule has 0 spiro atoms. The molecule has 4 rings (SSSR count). The number of ether oxygens (including phenoxy) is 3. The fraction of sp³-hybridized carbons (Fsp3) is 0.407. The summed E-state index contributed by atoms with van der Waals surface area (Å²) in [4.78, 5) is 40.3. The number of primary amides is 1. The Bertz CT molecular complexity index is 1360. The fourth-order valence-electron chi connectivity index (χ4n) is 4.34. The van der Waals surface area contributed by atoms with E-state index < -0.39 is 60.8 Å². The maximum atomic E-state index is 13.2. The van der Waals surface area contributed by atoms with Crippen molar-refractivity contribution in [2.75, 3.05) is 6.61 Å². The number of fused-ring (bicyclic) bond motifs is 1. The zero-order valence-electron chi connectivity index (χ0n) is 22.2.